The summed E-state index contributed by atoms with van der Waals surface area (Å²) in [6.07, 6.45) is -4.21. The molecular weight excluding hydrogens is 184 g/mol. The molecule has 0 aromatic heterocycles. The molecule has 1 unspecified atom stereocenters. The lowest BCUT2D eigenvalue weighted by Gasteiger charge is -2.06. The molecule has 0 amide bonds. The Morgan fingerprint density at radius 2 is 1.08 bits per heavy atom. The van der Waals surface area contributed by atoms with Gasteiger partial charge in [0.05, 0.1) is 19.8 Å². The Hall–Kier alpha value is -0.280. The van der Waals surface area contributed by atoms with Gasteiger partial charge in [0.15, 0.2) is 6.29 Å². The first-order valence-electron chi connectivity index (χ1n) is 3.54. The average molecular weight is 200 g/mol. The first-order valence-corrected chi connectivity index (χ1v) is 3.54. The van der Waals surface area contributed by atoms with Crippen molar-refractivity contribution in [1.29, 1.82) is 0 Å². The summed E-state index contributed by atoms with van der Waals surface area (Å²) in [6, 6.07) is 0. The van der Waals surface area contributed by atoms with E-state index in [1.165, 1.54) is 0 Å². The molecule has 0 aromatic carbocycles. The maximum atomic E-state index is 8.19. The Kier molecular flexibility index (Phi) is 11.5. The van der Waals surface area contributed by atoms with Crippen LogP contribution in [-0.2, 0) is 0 Å². The van der Waals surface area contributed by atoms with Crippen molar-refractivity contribution < 1.29 is 35.7 Å². The van der Waals surface area contributed by atoms with Crippen LogP contribution in [0.5, 0.6) is 0 Å². The molecule has 7 heteroatoms. The molecule has 0 fully saturated rings. The summed E-state index contributed by atoms with van der Waals surface area (Å²) in [6.45, 7) is -1.36. The average Bonchev–Trinajstić information content (AvgIpc) is 2.16. The van der Waals surface area contributed by atoms with Gasteiger partial charge < -0.3 is 35.7 Å². The van der Waals surface area contributed by atoms with Gasteiger partial charge in [0.25, 0.3) is 0 Å². The molecule has 0 aliphatic rings. The van der Waals surface area contributed by atoms with Crippen molar-refractivity contribution in [3.63, 3.8) is 0 Å². The van der Waals surface area contributed by atoms with E-state index in [2.05, 4.69) is 0 Å². The molecule has 0 aliphatic heterocycles. The zero-order chi connectivity index (χ0) is 10.9. The van der Waals surface area contributed by atoms with E-state index in [-0.39, 0.29) is 13.2 Å². The number of rotatable bonds is 4. The van der Waals surface area contributed by atoms with Crippen molar-refractivity contribution in [2.75, 3.05) is 19.8 Å². The molecule has 0 spiro atoms. The molecule has 0 bridgehead atoms. The predicted octanol–water partition coefficient (Wildman–Crippen LogP) is -4.02. The van der Waals surface area contributed by atoms with Gasteiger partial charge in [0.1, 0.15) is 12.2 Å². The summed E-state index contributed by atoms with van der Waals surface area (Å²) in [7, 11) is 0. The molecule has 0 saturated heterocycles. The minimum absolute atomic E-state index is 0.365. The molecule has 7 nitrogen and oxygen atoms in total. The van der Waals surface area contributed by atoms with Crippen LogP contribution in [0.15, 0.2) is 0 Å². The van der Waals surface area contributed by atoms with Crippen LogP contribution in [0.3, 0.4) is 0 Å². The topological polar surface area (TPSA) is 142 Å². The highest BCUT2D eigenvalue weighted by molar-refractivity contribution is 4.50. The van der Waals surface area contributed by atoms with Crippen LogP contribution in [0.4, 0.5) is 0 Å². The molecule has 0 aromatic rings. The van der Waals surface area contributed by atoms with E-state index in [1.807, 2.05) is 0 Å². The Bertz CT molecular complexity index is 93.0. The summed E-state index contributed by atoms with van der Waals surface area (Å²) < 4.78 is 0. The van der Waals surface area contributed by atoms with Gasteiger partial charge >= 0.3 is 0 Å². The number of aliphatic hydroxyl groups is 7. The summed E-state index contributed by atoms with van der Waals surface area (Å²) in [5.74, 6) is 0. The second-order valence-electron chi connectivity index (χ2n) is 2.18. The first-order chi connectivity index (χ1) is 5.99. The van der Waals surface area contributed by atoms with E-state index in [0.717, 1.165) is 0 Å². The van der Waals surface area contributed by atoms with E-state index < -0.39 is 25.1 Å². The summed E-state index contributed by atoms with van der Waals surface area (Å²) >= 11 is 0. The molecule has 1 atom stereocenters. The van der Waals surface area contributed by atoms with Crippen molar-refractivity contribution in [3.05, 3.63) is 0 Å². The van der Waals surface area contributed by atoms with Crippen LogP contribution >= 0.6 is 0 Å². The Morgan fingerprint density at radius 3 is 1.08 bits per heavy atom. The highest BCUT2D eigenvalue weighted by Gasteiger charge is 2.08. The smallest absolute Gasteiger partial charge is 0.180 e. The van der Waals surface area contributed by atoms with E-state index in [9.17, 15) is 0 Å². The van der Waals surface area contributed by atoms with Crippen LogP contribution in [-0.4, -0.2) is 74.1 Å². The SMILES string of the molecule is OCC(O)C(O)O.OCC(O)CO. The summed E-state index contributed by atoms with van der Waals surface area (Å²) in [4.78, 5) is 0. The molecule has 13 heavy (non-hydrogen) atoms. The molecule has 0 rings (SSSR count). The molecule has 82 valence electrons. The molecule has 7 N–H and O–H groups in total. The lowest BCUT2D eigenvalue weighted by molar-refractivity contribution is -0.134. The minimum Gasteiger partial charge on any atom is -0.394 e. The third-order valence-electron chi connectivity index (χ3n) is 0.953. The van der Waals surface area contributed by atoms with Crippen LogP contribution in [0.1, 0.15) is 0 Å². The fourth-order valence-corrected chi connectivity index (χ4v) is 0.152. The lowest BCUT2D eigenvalue weighted by Crippen LogP contribution is -2.28. The largest absolute Gasteiger partial charge is 0.394 e. The van der Waals surface area contributed by atoms with Gasteiger partial charge in [-0.2, -0.15) is 0 Å². The van der Waals surface area contributed by atoms with Gasteiger partial charge in [0, 0.05) is 0 Å². The third-order valence-corrected chi connectivity index (χ3v) is 0.953. The Labute approximate surface area is 75.1 Å². The molecule has 0 aliphatic carbocycles. The zero-order valence-electron chi connectivity index (χ0n) is 6.98. The number of aliphatic hydroxyl groups excluding tert-OH is 6. The maximum absolute atomic E-state index is 8.19. The number of hydrogen-bond acceptors (Lipinski definition) is 7. The third kappa shape index (κ3) is 11.7. The quantitative estimate of drug-likeness (QED) is 0.229. The zero-order valence-corrected chi connectivity index (χ0v) is 6.98. The van der Waals surface area contributed by atoms with Crippen LogP contribution in [0, 0.1) is 0 Å². The van der Waals surface area contributed by atoms with E-state index in [1.54, 1.807) is 0 Å². The van der Waals surface area contributed by atoms with E-state index in [4.69, 9.17) is 35.7 Å². The normalized spacial score (nSPS) is 12.7. The summed E-state index contributed by atoms with van der Waals surface area (Å²) in [5.41, 5.74) is 0. The van der Waals surface area contributed by atoms with Gasteiger partial charge in [0.2, 0.25) is 0 Å². The Balaban J connectivity index is 0. The van der Waals surface area contributed by atoms with Gasteiger partial charge in [-0.25, -0.2) is 0 Å². The van der Waals surface area contributed by atoms with Crippen molar-refractivity contribution >= 4 is 0 Å². The van der Waals surface area contributed by atoms with E-state index >= 15 is 0 Å². The highest BCUT2D eigenvalue weighted by atomic mass is 16.5. The van der Waals surface area contributed by atoms with Gasteiger partial charge in [-0.05, 0) is 0 Å². The van der Waals surface area contributed by atoms with Crippen molar-refractivity contribution in [1.82, 2.24) is 0 Å². The van der Waals surface area contributed by atoms with Gasteiger partial charge in [-0.15, -0.1) is 0 Å². The molecule has 0 radical (unpaired) electrons. The monoisotopic (exact) mass is 200 g/mol. The van der Waals surface area contributed by atoms with Crippen molar-refractivity contribution in [2.24, 2.45) is 0 Å². The summed E-state index contributed by atoms with van der Waals surface area (Å²) in [5, 5.41) is 56.1. The van der Waals surface area contributed by atoms with Crippen LogP contribution < -0.4 is 0 Å². The molecule has 0 saturated carbocycles. The lowest BCUT2D eigenvalue weighted by atomic mass is 10.4. The fourth-order valence-electron chi connectivity index (χ4n) is 0.152. The van der Waals surface area contributed by atoms with Gasteiger partial charge in [-0.1, -0.05) is 0 Å². The second kappa shape index (κ2) is 9.81. The van der Waals surface area contributed by atoms with Crippen LogP contribution in [0.25, 0.3) is 0 Å². The minimum atomic E-state index is -1.83. The molecule has 0 heterocycles. The van der Waals surface area contributed by atoms with E-state index in [0.29, 0.717) is 0 Å². The first kappa shape index (κ1) is 15.2. The number of hydrogen-bond donors (Lipinski definition) is 7. The molecular formula is C6H16O7. The highest BCUT2D eigenvalue weighted by Crippen LogP contribution is 1.83. The Morgan fingerprint density at radius 1 is 0.692 bits per heavy atom. The van der Waals surface area contributed by atoms with Crippen molar-refractivity contribution in [2.45, 2.75) is 18.5 Å². The standard InChI is InChI=1S/C3H8O4.C3H8O3/c4-1-2(5)3(6)7;4-1-3(6)2-5/h2-7H,1H2;3-6H,1-2H2. The fraction of sp³-hybridized carbons (Fsp3) is 1.00. The second-order valence-corrected chi connectivity index (χ2v) is 2.18. The predicted molar refractivity (Wildman–Crippen MR) is 41.5 cm³/mol. The van der Waals surface area contributed by atoms with Crippen LogP contribution in [0.2, 0.25) is 0 Å². The van der Waals surface area contributed by atoms with Crippen molar-refractivity contribution in [3.8, 4) is 0 Å². The maximum Gasteiger partial charge on any atom is 0.180 e. The van der Waals surface area contributed by atoms with Gasteiger partial charge in [-0.3, -0.25) is 0 Å².